The van der Waals surface area contributed by atoms with Crippen molar-refractivity contribution in [2.45, 2.75) is 57.7 Å². The first-order valence-electron chi connectivity index (χ1n) is 7.04. The molecule has 1 unspecified atom stereocenters. The maximum atomic E-state index is 12.0. The summed E-state index contributed by atoms with van der Waals surface area (Å²) in [6.45, 7) is 6.00. The van der Waals surface area contributed by atoms with Crippen LogP contribution in [0.3, 0.4) is 0 Å². The first kappa shape index (κ1) is 15.8. The third-order valence-electron chi connectivity index (χ3n) is 3.38. The van der Waals surface area contributed by atoms with E-state index in [0.29, 0.717) is 12.5 Å². The molecule has 1 heterocycles. The average molecular weight is 266 g/mol. The van der Waals surface area contributed by atoms with Gasteiger partial charge in [-0.3, -0.25) is 0 Å². The van der Waals surface area contributed by atoms with Crippen molar-refractivity contribution in [2.75, 3.05) is 26.2 Å². The van der Waals surface area contributed by atoms with E-state index in [4.69, 9.17) is 0 Å². The molecule has 0 aliphatic carbocycles. The molecule has 1 aliphatic rings. The molecule has 1 atom stereocenters. The van der Waals surface area contributed by atoms with E-state index in [-0.39, 0.29) is 6.42 Å². The van der Waals surface area contributed by atoms with Crippen molar-refractivity contribution < 1.29 is 13.2 Å². The van der Waals surface area contributed by atoms with E-state index in [1.54, 1.807) is 0 Å². The predicted octanol–water partition coefficient (Wildman–Crippen LogP) is 3.18. The Balaban J connectivity index is 2.19. The van der Waals surface area contributed by atoms with Crippen LogP contribution in [0.25, 0.3) is 0 Å². The van der Waals surface area contributed by atoms with E-state index >= 15 is 0 Å². The van der Waals surface area contributed by atoms with Crippen LogP contribution in [0.1, 0.15) is 45.4 Å². The molecule has 1 fully saturated rings. The van der Waals surface area contributed by atoms with Gasteiger partial charge in [-0.15, -0.1) is 0 Å². The zero-order chi connectivity index (χ0) is 13.4. The molecular formula is C13H25F3N2. The Morgan fingerprint density at radius 3 is 2.72 bits per heavy atom. The van der Waals surface area contributed by atoms with Crippen LogP contribution in [0, 0.1) is 0 Å². The molecule has 0 aromatic rings. The molecule has 0 radical (unpaired) electrons. The Kier molecular flexibility index (Phi) is 7.00. The van der Waals surface area contributed by atoms with Crippen LogP contribution in [-0.4, -0.2) is 43.3 Å². The number of hydrogen-bond donors (Lipinski definition) is 1. The Bertz CT molecular complexity index is 219. The van der Waals surface area contributed by atoms with Crippen LogP contribution in [0.4, 0.5) is 13.2 Å². The fraction of sp³-hybridized carbons (Fsp3) is 1.00. The van der Waals surface area contributed by atoms with Crippen molar-refractivity contribution in [2.24, 2.45) is 0 Å². The van der Waals surface area contributed by atoms with Crippen LogP contribution < -0.4 is 5.32 Å². The summed E-state index contributed by atoms with van der Waals surface area (Å²) in [6.07, 6.45) is -0.328. The summed E-state index contributed by atoms with van der Waals surface area (Å²) in [6, 6.07) is 0.514. The van der Waals surface area contributed by atoms with E-state index in [0.717, 1.165) is 45.4 Å². The Labute approximate surface area is 108 Å². The molecule has 0 aromatic heterocycles. The van der Waals surface area contributed by atoms with Gasteiger partial charge in [0.1, 0.15) is 0 Å². The Morgan fingerprint density at radius 1 is 1.28 bits per heavy atom. The SMILES string of the molecule is CCCC1CN(CCCCC(F)(F)F)CCCN1. The van der Waals surface area contributed by atoms with Crippen molar-refractivity contribution >= 4 is 0 Å². The highest BCUT2D eigenvalue weighted by Gasteiger charge is 2.26. The lowest BCUT2D eigenvalue weighted by Gasteiger charge is -2.24. The van der Waals surface area contributed by atoms with E-state index in [1.165, 1.54) is 0 Å². The summed E-state index contributed by atoms with van der Waals surface area (Å²) < 4.78 is 36.1. The molecular weight excluding hydrogens is 241 g/mol. The third-order valence-corrected chi connectivity index (χ3v) is 3.38. The summed E-state index contributed by atoms with van der Waals surface area (Å²) in [4.78, 5) is 2.32. The van der Waals surface area contributed by atoms with Crippen molar-refractivity contribution in [3.05, 3.63) is 0 Å². The molecule has 1 aliphatic heterocycles. The molecule has 0 saturated carbocycles. The van der Waals surface area contributed by atoms with Gasteiger partial charge in [-0.25, -0.2) is 0 Å². The predicted molar refractivity (Wildman–Crippen MR) is 67.7 cm³/mol. The van der Waals surface area contributed by atoms with Gasteiger partial charge in [0.25, 0.3) is 0 Å². The molecule has 0 amide bonds. The summed E-state index contributed by atoms with van der Waals surface area (Å²) >= 11 is 0. The molecule has 0 bridgehead atoms. The smallest absolute Gasteiger partial charge is 0.313 e. The molecule has 108 valence electrons. The zero-order valence-corrected chi connectivity index (χ0v) is 11.2. The topological polar surface area (TPSA) is 15.3 Å². The average Bonchev–Trinajstić information content (AvgIpc) is 2.49. The van der Waals surface area contributed by atoms with Crippen LogP contribution in [-0.2, 0) is 0 Å². The molecule has 1 N–H and O–H groups in total. The second-order valence-corrected chi connectivity index (χ2v) is 5.17. The third kappa shape index (κ3) is 7.21. The van der Waals surface area contributed by atoms with Gasteiger partial charge in [-0.2, -0.15) is 13.2 Å². The second-order valence-electron chi connectivity index (χ2n) is 5.17. The molecule has 5 heteroatoms. The molecule has 2 nitrogen and oxygen atoms in total. The van der Waals surface area contributed by atoms with Gasteiger partial charge >= 0.3 is 6.18 Å². The lowest BCUT2D eigenvalue weighted by molar-refractivity contribution is -0.135. The minimum absolute atomic E-state index is 0.256. The quantitative estimate of drug-likeness (QED) is 0.743. The monoisotopic (exact) mass is 266 g/mol. The Hall–Kier alpha value is -0.290. The van der Waals surface area contributed by atoms with E-state index in [2.05, 4.69) is 17.1 Å². The van der Waals surface area contributed by atoms with Gasteiger partial charge in [0.15, 0.2) is 0 Å². The van der Waals surface area contributed by atoms with Gasteiger partial charge in [0, 0.05) is 19.0 Å². The minimum Gasteiger partial charge on any atom is -0.313 e. The number of halogens is 3. The maximum absolute atomic E-state index is 12.0. The largest absolute Gasteiger partial charge is 0.389 e. The number of hydrogen-bond acceptors (Lipinski definition) is 2. The summed E-state index contributed by atoms with van der Waals surface area (Å²) in [5.74, 6) is 0. The van der Waals surface area contributed by atoms with Gasteiger partial charge in [0.05, 0.1) is 0 Å². The van der Waals surface area contributed by atoms with Gasteiger partial charge in [-0.1, -0.05) is 13.3 Å². The van der Waals surface area contributed by atoms with Gasteiger partial charge in [0.2, 0.25) is 0 Å². The molecule has 1 rings (SSSR count). The van der Waals surface area contributed by atoms with Crippen molar-refractivity contribution in [3.63, 3.8) is 0 Å². The number of nitrogens with one attached hydrogen (secondary N) is 1. The number of unbranched alkanes of at least 4 members (excludes halogenated alkanes) is 1. The first-order chi connectivity index (χ1) is 8.51. The van der Waals surface area contributed by atoms with Crippen LogP contribution in [0.2, 0.25) is 0 Å². The highest BCUT2D eigenvalue weighted by atomic mass is 19.4. The van der Waals surface area contributed by atoms with Gasteiger partial charge < -0.3 is 10.2 Å². The number of nitrogens with zero attached hydrogens (tertiary/aromatic N) is 1. The highest BCUT2D eigenvalue weighted by molar-refractivity contribution is 4.76. The van der Waals surface area contributed by atoms with Crippen molar-refractivity contribution in [1.82, 2.24) is 10.2 Å². The van der Waals surface area contributed by atoms with E-state index in [1.807, 2.05) is 0 Å². The molecule has 18 heavy (non-hydrogen) atoms. The number of alkyl halides is 3. The summed E-state index contributed by atoms with van der Waals surface area (Å²) in [7, 11) is 0. The second kappa shape index (κ2) is 8.00. The fourth-order valence-electron chi connectivity index (χ4n) is 2.48. The van der Waals surface area contributed by atoms with E-state index in [9.17, 15) is 13.2 Å². The fourth-order valence-corrected chi connectivity index (χ4v) is 2.48. The molecule has 0 aromatic carbocycles. The van der Waals surface area contributed by atoms with Crippen LogP contribution in [0.15, 0.2) is 0 Å². The van der Waals surface area contributed by atoms with Crippen molar-refractivity contribution in [1.29, 1.82) is 0 Å². The standard InChI is InChI=1S/C13H25F3N2/c1-2-6-12-11-18(10-5-8-17-12)9-4-3-7-13(14,15)16/h12,17H,2-11H2,1H3. The highest BCUT2D eigenvalue weighted by Crippen LogP contribution is 2.22. The van der Waals surface area contributed by atoms with Crippen LogP contribution in [0.5, 0.6) is 0 Å². The zero-order valence-electron chi connectivity index (χ0n) is 11.2. The normalized spacial score (nSPS) is 23.0. The number of rotatable bonds is 6. The summed E-state index contributed by atoms with van der Waals surface area (Å²) in [5, 5.41) is 3.51. The van der Waals surface area contributed by atoms with Crippen molar-refractivity contribution in [3.8, 4) is 0 Å². The molecule has 0 spiro atoms. The summed E-state index contributed by atoms with van der Waals surface area (Å²) in [5.41, 5.74) is 0. The molecule has 1 saturated heterocycles. The lowest BCUT2D eigenvalue weighted by Crippen LogP contribution is -2.37. The minimum atomic E-state index is -3.99. The first-order valence-corrected chi connectivity index (χ1v) is 7.04. The lowest BCUT2D eigenvalue weighted by atomic mass is 10.1. The van der Waals surface area contributed by atoms with E-state index < -0.39 is 12.6 Å². The van der Waals surface area contributed by atoms with Gasteiger partial charge in [-0.05, 0) is 45.3 Å². The maximum Gasteiger partial charge on any atom is 0.389 e. The van der Waals surface area contributed by atoms with Crippen LogP contribution >= 0.6 is 0 Å². The Morgan fingerprint density at radius 2 is 2.06 bits per heavy atom.